The maximum absolute atomic E-state index is 11.8. The molecule has 1 aromatic carbocycles. The normalized spacial score (nSPS) is 15.3. The second-order valence-corrected chi connectivity index (χ2v) is 12.5. The Hall–Kier alpha value is -1.09. The average molecular weight is 278 g/mol. The van der Waals surface area contributed by atoms with E-state index in [-0.39, 0.29) is 0 Å². The minimum Gasteiger partial charge on any atom is -0.481 e. The average Bonchev–Trinajstić information content (AvgIpc) is 2.26. The van der Waals surface area contributed by atoms with Crippen LogP contribution < -0.4 is 0 Å². The van der Waals surface area contributed by atoms with Gasteiger partial charge in [0, 0.05) is 0 Å². The van der Waals surface area contributed by atoms with E-state index in [1.54, 1.807) is 0 Å². The maximum Gasteiger partial charge on any atom is 0.310 e. The molecule has 0 saturated heterocycles. The third kappa shape index (κ3) is 3.27. The van der Waals surface area contributed by atoms with Gasteiger partial charge in [-0.15, -0.1) is 0 Å². The molecule has 0 aliphatic heterocycles. The smallest absolute Gasteiger partial charge is 0.310 e. The Bertz CT molecular complexity index is 443. The second-order valence-electron chi connectivity index (χ2n) is 6.98. The lowest BCUT2D eigenvalue weighted by Gasteiger charge is -2.37. The zero-order valence-corrected chi connectivity index (χ0v) is 13.9. The number of hydrogen-bond acceptors (Lipinski definition) is 1. The molecule has 1 aromatic rings. The summed E-state index contributed by atoms with van der Waals surface area (Å²) in [7, 11) is -1.86. The SMILES string of the molecule is CC(C)Cc1ccc(C(C)(C(=O)O)[Si](C)(C)C)cc1. The number of benzene rings is 1. The van der Waals surface area contributed by atoms with Gasteiger partial charge in [-0.25, -0.2) is 0 Å². The van der Waals surface area contributed by atoms with Crippen LogP contribution in [0, 0.1) is 5.92 Å². The van der Waals surface area contributed by atoms with E-state index >= 15 is 0 Å². The Kier molecular flexibility index (Phi) is 4.61. The Morgan fingerprint density at radius 1 is 1.21 bits per heavy atom. The quantitative estimate of drug-likeness (QED) is 0.823. The van der Waals surface area contributed by atoms with Crippen molar-refractivity contribution in [2.75, 3.05) is 0 Å². The van der Waals surface area contributed by atoms with E-state index in [2.05, 4.69) is 45.6 Å². The maximum atomic E-state index is 11.8. The van der Waals surface area contributed by atoms with Crippen molar-refractivity contribution in [1.29, 1.82) is 0 Å². The van der Waals surface area contributed by atoms with Gasteiger partial charge in [0.1, 0.15) is 0 Å². The summed E-state index contributed by atoms with van der Waals surface area (Å²) >= 11 is 0. The molecule has 0 saturated carbocycles. The van der Waals surface area contributed by atoms with Gasteiger partial charge in [-0.1, -0.05) is 57.8 Å². The predicted octanol–water partition coefficient (Wildman–Crippen LogP) is 4.10. The van der Waals surface area contributed by atoms with Crippen LogP contribution in [0.4, 0.5) is 0 Å². The number of carbonyl (C=O) groups is 1. The van der Waals surface area contributed by atoms with Crippen LogP contribution in [-0.2, 0) is 16.3 Å². The van der Waals surface area contributed by atoms with Crippen molar-refractivity contribution in [3.8, 4) is 0 Å². The first-order valence-electron chi connectivity index (χ1n) is 6.92. The van der Waals surface area contributed by atoms with Gasteiger partial charge >= 0.3 is 5.97 Å². The fraction of sp³-hybridized carbons (Fsp3) is 0.562. The molecule has 0 aromatic heterocycles. The van der Waals surface area contributed by atoms with Crippen LogP contribution in [0.5, 0.6) is 0 Å². The van der Waals surface area contributed by atoms with Crippen LogP contribution in [0.25, 0.3) is 0 Å². The molecule has 0 heterocycles. The van der Waals surface area contributed by atoms with E-state index in [4.69, 9.17) is 0 Å². The number of rotatable bonds is 5. The van der Waals surface area contributed by atoms with Crippen LogP contribution >= 0.6 is 0 Å². The van der Waals surface area contributed by atoms with Gasteiger partial charge < -0.3 is 5.11 Å². The van der Waals surface area contributed by atoms with Gasteiger partial charge in [0.15, 0.2) is 0 Å². The van der Waals surface area contributed by atoms with Gasteiger partial charge in [0.25, 0.3) is 0 Å². The van der Waals surface area contributed by atoms with Crippen LogP contribution in [0.3, 0.4) is 0 Å². The standard InChI is InChI=1S/C16H26O2Si/c1-12(2)11-13-7-9-14(10-8-13)16(3,15(17)18)19(4,5)6/h7-10,12H,11H2,1-6H3,(H,17,18). The lowest BCUT2D eigenvalue weighted by Crippen LogP contribution is -2.53. The molecule has 3 heteroatoms. The molecule has 0 aliphatic rings. The van der Waals surface area contributed by atoms with Crippen molar-refractivity contribution in [2.24, 2.45) is 5.92 Å². The van der Waals surface area contributed by atoms with Crippen LogP contribution in [-0.4, -0.2) is 19.1 Å². The Morgan fingerprint density at radius 2 is 1.68 bits per heavy atom. The number of aliphatic carboxylic acids is 1. The van der Waals surface area contributed by atoms with E-state index in [1.165, 1.54) is 5.56 Å². The summed E-state index contributed by atoms with van der Waals surface area (Å²) in [4.78, 5) is 11.8. The van der Waals surface area contributed by atoms with E-state index in [0.717, 1.165) is 12.0 Å². The highest BCUT2D eigenvalue weighted by Gasteiger charge is 2.47. The highest BCUT2D eigenvalue weighted by molar-refractivity contribution is 6.82. The molecule has 1 atom stereocenters. The lowest BCUT2D eigenvalue weighted by molar-refractivity contribution is -0.140. The first-order valence-corrected chi connectivity index (χ1v) is 10.4. The zero-order chi connectivity index (χ0) is 14.8. The molecule has 0 aliphatic carbocycles. The van der Waals surface area contributed by atoms with Gasteiger partial charge in [-0.3, -0.25) is 4.79 Å². The third-order valence-electron chi connectivity index (χ3n) is 4.10. The van der Waals surface area contributed by atoms with Crippen molar-refractivity contribution in [3.05, 3.63) is 35.4 Å². The molecule has 1 unspecified atom stereocenters. The molecule has 0 spiro atoms. The molecule has 2 nitrogen and oxygen atoms in total. The number of hydrogen-bond donors (Lipinski definition) is 1. The van der Waals surface area contributed by atoms with Crippen LogP contribution in [0.15, 0.2) is 24.3 Å². The fourth-order valence-electron chi connectivity index (χ4n) is 2.32. The Labute approximate surface area is 117 Å². The van der Waals surface area contributed by atoms with Gasteiger partial charge in [0.2, 0.25) is 0 Å². The van der Waals surface area contributed by atoms with Crippen LogP contribution in [0.2, 0.25) is 19.6 Å². The van der Waals surface area contributed by atoms with Gasteiger partial charge in [-0.2, -0.15) is 0 Å². The van der Waals surface area contributed by atoms with Gasteiger partial charge in [-0.05, 0) is 30.4 Å². The second kappa shape index (κ2) is 5.49. The molecule has 0 fully saturated rings. The Balaban J connectivity index is 3.16. The Morgan fingerprint density at radius 3 is 2.00 bits per heavy atom. The summed E-state index contributed by atoms with van der Waals surface area (Å²) in [5, 5.41) is 8.94. The minimum absolute atomic E-state index is 0.619. The molecule has 0 bridgehead atoms. The first kappa shape index (κ1) is 16.0. The largest absolute Gasteiger partial charge is 0.481 e. The summed E-state index contributed by atoms with van der Waals surface area (Å²) in [5.41, 5.74) is 2.22. The van der Waals surface area contributed by atoms with Crippen molar-refractivity contribution in [2.45, 2.75) is 51.9 Å². The molecule has 0 radical (unpaired) electrons. The van der Waals surface area contributed by atoms with E-state index in [0.29, 0.717) is 5.92 Å². The van der Waals surface area contributed by atoms with Crippen molar-refractivity contribution < 1.29 is 9.90 Å². The summed E-state index contributed by atoms with van der Waals surface area (Å²) in [6.07, 6.45) is 1.04. The van der Waals surface area contributed by atoms with Gasteiger partial charge in [0.05, 0.1) is 13.1 Å². The fourth-order valence-corrected chi connectivity index (χ4v) is 4.00. The summed E-state index contributed by atoms with van der Waals surface area (Å²) in [5.74, 6) is -0.0861. The molecule has 19 heavy (non-hydrogen) atoms. The molecular formula is C16H26O2Si. The molecule has 1 rings (SSSR count). The molecule has 0 amide bonds. The third-order valence-corrected chi connectivity index (χ3v) is 7.61. The van der Waals surface area contributed by atoms with Crippen molar-refractivity contribution in [1.82, 2.24) is 0 Å². The number of carboxylic acids is 1. The monoisotopic (exact) mass is 278 g/mol. The highest BCUT2D eigenvalue weighted by atomic mass is 28.3. The van der Waals surface area contributed by atoms with Crippen molar-refractivity contribution in [3.63, 3.8) is 0 Å². The van der Waals surface area contributed by atoms with Crippen LogP contribution in [0.1, 0.15) is 31.9 Å². The molecular weight excluding hydrogens is 252 g/mol. The summed E-state index contributed by atoms with van der Waals surface area (Å²) in [6.45, 7) is 12.6. The number of carboxylic acid groups (broad SMARTS) is 1. The van der Waals surface area contributed by atoms with E-state index in [1.807, 2.05) is 19.1 Å². The molecule has 106 valence electrons. The predicted molar refractivity (Wildman–Crippen MR) is 83.3 cm³/mol. The minimum atomic E-state index is -1.86. The van der Waals surface area contributed by atoms with E-state index in [9.17, 15) is 9.90 Å². The van der Waals surface area contributed by atoms with E-state index < -0.39 is 19.1 Å². The van der Waals surface area contributed by atoms with Crippen molar-refractivity contribution >= 4 is 14.0 Å². The molecule has 1 N–H and O–H groups in total. The topological polar surface area (TPSA) is 37.3 Å². The summed E-state index contributed by atoms with van der Waals surface area (Å²) in [6, 6.07) is 8.17. The highest BCUT2D eigenvalue weighted by Crippen LogP contribution is 2.34. The summed E-state index contributed by atoms with van der Waals surface area (Å²) < 4.78 is 0. The zero-order valence-electron chi connectivity index (χ0n) is 12.9. The lowest BCUT2D eigenvalue weighted by atomic mass is 9.96. The first-order chi connectivity index (χ1) is 8.59.